The summed E-state index contributed by atoms with van der Waals surface area (Å²) >= 11 is 3.96. The van der Waals surface area contributed by atoms with Crippen LogP contribution in [0.2, 0.25) is 0 Å². The van der Waals surface area contributed by atoms with Crippen LogP contribution in [0.25, 0.3) is 0 Å². The molecule has 0 aliphatic heterocycles. The Hall–Kier alpha value is -0.0900. The quantitative estimate of drug-likeness (QED) is 0.680. The van der Waals surface area contributed by atoms with Crippen molar-refractivity contribution in [3.63, 3.8) is 0 Å². The number of imidazole rings is 1. The van der Waals surface area contributed by atoms with Crippen LogP contribution >= 0.6 is 23.5 Å². The van der Waals surface area contributed by atoms with Crippen molar-refractivity contribution in [1.82, 2.24) is 9.55 Å². The average Bonchev–Trinajstić information content (AvgIpc) is 2.51. The van der Waals surface area contributed by atoms with Crippen LogP contribution in [0.4, 0.5) is 0 Å². The molecule has 0 bridgehead atoms. The number of hydrogen-bond donors (Lipinski definition) is 0. The maximum Gasteiger partial charge on any atom is 0.0947 e. The van der Waals surface area contributed by atoms with Crippen molar-refractivity contribution in [3.05, 3.63) is 18.2 Å². The Balaban J connectivity index is 2.06. The van der Waals surface area contributed by atoms with Gasteiger partial charge in [-0.2, -0.15) is 23.5 Å². The molecule has 0 spiro atoms. The first-order valence-corrected chi connectivity index (χ1v) is 6.76. The molecule has 1 aromatic rings. The summed E-state index contributed by atoms with van der Waals surface area (Å²) in [6.45, 7) is 2.20. The van der Waals surface area contributed by atoms with E-state index in [2.05, 4.69) is 18.1 Å². The van der Waals surface area contributed by atoms with Gasteiger partial charge in [0.25, 0.3) is 0 Å². The van der Waals surface area contributed by atoms with Crippen molar-refractivity contribution in [2.45, 2.75) is 12.7 Å². The molecule has 0 atom stereocenters. The third-order valence-electron chi connectivity index (χ3n) is 1.58. The molecule has 0 saturated heterocycles. The molecule has 2 nitrogen and oxygen atoms in total. The zero-order chi connectivity index (χ0) is 9.52. The first kappa shape index (κ1) is 11.0. The van der Waals surface area contributed by atoms with E-state index >= 15 is 0 Å². The van der Waals surface area contributed by atoms with Gasteiger partial charge in [0, 0.05) is 30.5 Å². The summed E-state index contributed by atoms with van der Waals surface area (Å²) in [6.07, 6.45) is 3.94. The highest BCUT2D eigenvalue weighted by atomic mass is 32.2. The molecular weight excluding hydrogens is 200 g/mol. The molecule has 1 heterocycles. The molecule has 0 amide bonds. The van der Waals surface area contributed by atoms with Crippen LogP contribution in [0.15, 0.2) is 12.5 Å². The monoisotopic (exact) mass is 216 g/mol. The Morgan fingerprint density at radius 1 is 1.38 bits per heavy atom. The van der Waals surface area contributed by atoms with E-state index in [0.29, 0.717) is 0 Å². The lowest BCUT2D eigenvalue weighted by Gasteiger charge is -1.97. The standard InChI is InChI=1S/C9H16N2S2/c1-3-12-4-5-13-7-9-6-11(2)8-10-9/h6,8H,3-5,7H2,1-2H3. The third kappa shape index (κ3) is 4.62. The largest absolute Gasteiger partial charge is 0.340 e. The molecule has 0 unspecified atom stereocenters. The maximum atomic E-state index is 4.27. The number of rotatable bonds is 6. The van der Waals surface area contributed by atoms with Gasteiger partial charge in [-0.15, -0.1) is 0 Å². The molecule has 0 aliphatic carbocycles. The molecule has 0 aliphatic rings. The smallest absolute Gasteiger partial charge is 0.0947 e. The summed E-state index contributed by atoms with van der Waals surface area (Å²) in [5, 5.41) is 0. The molecule has 0 saturated carbocycles. The molecule has 1 aromatic heterocycles. The summed E-state index contributed by atoms with van der Waals surface area (Å²) in [5.74, 6) is 4.76. The highest BCUT2D eigenvalue weighted by Gasteiger charge is 1.96. The number of aryl methyl sites for hydroxylation is 1. The van der Waals surface area contributed by atoms with E-state index < -0.39 is 0 Å². The lowest BCUT2D eigenvalue weighted by Crippen LogP contribution is -1.87. The van der Waals surface area contributed by atoms with E-state index in [1.807, 2.05) is 41.5 Å². The Kier molecular flexibility index (Phi) is 5.39. The highest BCUT2D eigenvalue weighted by molar-refractivity contribution is 8.02. The van der Waals surface area contributed by atoms with Gasteiger partial charge >= 0.3 is 0 Å². The summed E-state index contributed by atoms with van der Waals surface area (Å²) in [4.78, 5) is 4.27. The molecular formula is C9H16N2S2. The SMILES string of the molecule is CCSCCSCc1cn(C)cn1. The van der Waals surface area contributed by atoms with E-state index in [1.165, 1.54) is 23.0 Å². The van der Waals surface area contributed by atoms with Crippen LogP contribution in [0.5, 0.6) is 0 Å². The van der Waals surface area contributed by atoms with Gasteiger partial charge in [0.2, 0.25) is 0 Å². The number of hydrogen-bond acceptors (Lipinski definition) is 3. The van der Waals surface area contributed by atoms with Gasteiger partial charge < -0.3 is 4.57 Å². The van der Waals surface area contributed by atoms with E-state index in [4.69, 9.17) is 0 Å². The maximum absolute atomic E-state index is 4.27. The molecule has 0 radical (unpaired) electrons. The van der Waals surface area contributed by atoms with Crippen molar-refractivity contribution in [2.24, 2.45) is 7.05 Å². The Morgan fingerprint density at radius 2 is 2.15 bits per heavy atom. The van der Waals surface area contributed by atoms with E-state index in [0.717, 1.165) is 5.75 Å². The summed E-state index contributed by atoms with van der Waals surface area (Å²) in [7, 11) is 2.01. The molecule has 4 heteroatoms. The summed E-state index contributed by atoms with van der Waals surface area (Å²) < 4.78 is 2.00. The second-order valence-electron chi connectivity index (χ2n) is 2.78. The fraction of sp³-hybridized carbons (Fsp3) is 0.667. The number of thioether (sulfide) groups is 2. The minimum Gasteiger partial charge on any atom is -0.340 e. The van der Waals surface area contributed by atoms with E-state index in [1.54, 1.807) is 0 Å². The van der Waals surface area contributed by atoms with Crippen LogP contribution < -0.4 is 0 Å². The third-order valence-corrected chi connectivity index (χ3v) is 3.74. The zero-order valence-electron chi connectivity index (χ0n) is 8.19. The van der Waals surface area contributed by atoms with E-state index in [9.17, 15) is 0 Å². The number of nitrogens with zero attached hydrogens (tertiary/aromatic N) is 2. The fourth-order valence-corrected chi connectivity index (χ4v) is 2.71. The molecule has 1 rings (SSSR count). The zero-order valence-corrected chi connectivity index (χ0v) is 9.83. The van der Waals surface area contributed by atoms with Crippen molar-refractivity contribution < 1.29 is 0 Å². The van der Waals surface area contributed by atoms with Gasteiger partial charge in [0.05, 0.1) is 12.0 Å². The first-order valence-electron chi connectivity index (χ1n) is 4.45. The van der Waals surface area contributed by atoms with Crippen molar-refractivity contribution in [1.29, 1.82) is 0 Å². The predicted octanol–water partition coefficient (Wildman–Crippen LogP) is 2.41. The lowest BCUT2D eigenvalue weighted by atomic mass is 10.6. The summed E-state index contributed by atoms with van der Waals surface area (Å²) in [5.41, 5.74) is 1.19. The predicted molar refractivity (Wildman–Crippen MR) is 62.4 cm³/mol. The second kappa shape index (κ2) is 6.38. The van der Waals surface area contributed by atoms with Crippen molar-refractivity contribution >= 4 is 23.5 Å². The number of aromatic nitrogens is 2. The minimum atomic E-state index is 1.05. The molecule has 0 aromatic carbocycles. The minimum absolute atomic E-state index is 1.05. The van der Waals surface area contributed by atoms with Crippen LogP contribution in [-0.2, 0) is 12.8 Å². The van der Waals surface area contributed by atoms with Crippen LogP contribution in [0.1, 0.15) is 12.6 Å². The first-order chi connectivity index (χ1) is 6.33. The Labute approximate surface area is 88.5 Å². The normalized spacial score (nSPS) is 10.6. The van der Waals surface area contributed by atoms with Crippen molar-refractivity contribution in [3.8, 4) is 0 Å². The van der Waals surface area contributed by atoms with Gasteiger partial charge in [-0.1, -0.05) is 6.92 Å². The van der Waals surface area contributed by atoms with Crippen LogP contribution in [-0.4, -0.2) is 26.8 Å². The fourth-order valence-electron chi connectivity index (χ4n) is 0.980. The Morgan fingerprint density at radius 3 is 2.77 bits per heavy atom. The van der Waals surface area contributed by atoms with Gasteiger partial charge in [-0.25, -0.2) is 4.98 Å². The van der Waals surface area contributed by atoms with Gasteiger partial charge in [0.15, 0.2) is 0 Å². The highest BCUT2D eigenvalue weighted by Crippen LogP contribution is 2.11. The molecule has 0 N–H and O–H groups in total. The Bertz CT molecular complexity index is 235. The van der Waals surface area contributed by atoms with Gasteiger partial charge in [-0.3, -0.25) is 0 Å². The summed E-state index contributed by atoms with van der Waals surface area (Å²) in [6, 6.07) is 0. The van der Waals surface area contributed by atoms with E-state index in [-0.39, 0.29) is 0 Å². The lowest BCUT2D eigenvalue weighted by molar-refractivity contribution is 0.913. The molecule has 13 heavy (non-hydrogen) atoms. The molecule has 0 fully saturated rings. The average molecular weight is 216 g/mol. The van der Waals surface area contributed by atoms with Crippen molar-refractivity contribution in [2.75, 3.05) is 17.3 Å². The topological polar surface area (TPSA) is 17.8 Å². The van der Waals surface area contributed by atoms with Crippen LogP contribution in [0, 0.1) is 0 Å². The van der Waals surface area contributed by atoms with Crippen LogP contribution in [0.3, 0.4) is 0 Å². The second-order valence-corrected chi connectivity index (χ2v) is 5.28. The van der Waals surface area contributed by atoms with Gasteiger partial charge in [-0.05, 0) is 5.75 Å². The van der Waals surface area contributed by atoms with Gasteiger partial charge in [0.1, 0.15) is 0 Å². The molecule has 74 valence electrons.